The predicted molar refractivity (Wildman–Crippen MR) is 35.7 cm³/mol. The quantitative estimate of drug-likeness (QED) is 0.396. The third-order valence-electron chi connectivity index (χ3n) is 1.94. The summed E-state index contributed by atoms with van der Waals surface area (Å²) < 4.78 is 0. The van der Waals surface area contributed by atoms with Gasteiger partial charge in [-0.05, 0) is 31.6 Å². The van der Waals surface area contributed by atoms with Gasteiger partial charge in [-0.2, -0.15) is 0 Å². The van der Waals surface area contributed by atoms with Gasteiger partial charge < -0.3 is 5.11 Å². The molecule has 0 amide bonds. The molecule has 52 valence electrons. The Morgan fingerprint density at radius 2 is 2.40 bits per heavy atom. The maximum absolute atomic E-state index is 10.8. The minimum atomic E-state index is 0. The summed E-state index contributed by atoms with van der Waals surface area (Å²) in [6.45, 7) is 2.14. The summed E-state index contributed by atoms with van der Waals surface area (Å²) in [6, 6.07) is 0. The van der Waals surface area contributed by atoms with Gasteiger partial charge in [-0.25, -0.2) is 0 Å². The Balaban J connectivity index is 0.000000810. The van der Waals surface area contributed by atoms with E-state index >= 15 is 0 Å². The van der Waals surface area contributed by atoms with Crippen molar-refractivity contribution in [1.29, 1.82) is 0 Å². The molecule has 0 aromatic heterocycles. The van der Waals surface area contributed by atoms with Gasteiger partial charge in [-0.3, -0.25) is 0 Å². The number of hydrogen-bond acceptors (Lipinski definition) is 1. The molecule has 0 heterocycles. The molecule has 2 heteroatoms. The molecule has 0 aromatic rings. The average molecular weight is 132 g/mol. The van der Waals surface area contributed by atoms with Crippen LogP contribution in [0.5, 0.6) is 0 Å². The van der Waals surface area contributed by atoms with Gasteiger partial charge >= 0.3 is 18.9 Å². The summed E-state index contributed by atoms with van der Waals surface area (Å²) in [4.78, 5) is 0. The molecule has 0 saturated carbocycles. The Morgan fingerprint density at radius 3 is 2.80 bits per heavy atom. The van der Waals surface area contributed by atoms with E-state index in [-0.39, 0.29) is 18.9 Å². The molecular weight excluding hydrogens is 119 g/mol. The van der Waals surface area contributed by atoms with E-state index in [0.29, 0.717) is 11.7 Å². The molecule has 0 fully saturated rings. The van der Waals surface area contributed by atoms with Crippen molar-refractivity contribution in [3.63, 3.8) is 0 Å². The van der Waals surface area contributed by atoms with Crippen molar-refractivity contribution in [1.82, 2.24) is 0 Å². The van der Waals surface area contributed by atoms with Crippen LogP contribution in [-0.4, -0.2) is 0 Å². The minimum absolute atomic E-state index is 0. The summed E-state index contributed by atoms with van der Waals surface area (Å²) in [5.41, 5.74) is 0. The third-order valence-corrected chi connectivity index (χ3v) is 1.94. The average Bonchev–Trinajstić information content (AvgIpc) is 1.88. The molecule has 0 bridgehead atoms. The van der Waals surface area contributed by atoms with Crippen molar-refractivity contribution < 1.29 is 24.0 Å². The van der Waals surface area contributed by atoms with Crippen LogP contribution in [0.25, 0.3) is 0 Å². The molecule has 1 rings (SSSR count). The summed E-state index contributed by atoms with van der Waals surface area (Å²) in [5, 5.41) is 10.8. The molecule has 0 unspecified atom stereocenters. The van der Waals surface area contributed by atoms with Gasteiger partial charge in [0.1, 0.15) is 0 Å². The van der Waals surface area contributed by atoms with E-state index in [1.807, 2.05) is 6.08 Å². The fourth-order valence-corrected chi connectivity index (χ4v) is 1.29. The fourth-order valence-electron chi connectivity index (χ4n) is 1.29. The third kappa shape index (κ3) is 2.81. The van der Waals surface area contributed by atoms with Crippen LogP contribution in [0.2, 0.25) is 0 Å². The van der Waals surface area contributed by atoms with Crippen molar-refractivity contribution in [3.8, 4) is 0 Å². The second kappa shape index (κ2) is 4.88. The number of rotatable bonds is 1. The van der Waals surface area contributed by atoms with E-state index in [1.165, 1.54) is 6.42 Å². The Kier molecular flexibility index (Phi) is 4.94. The van der Waals surface area contributed by atoms with E-state index in [4.69, 9.17) is 0 Å². The maximum atomic E-state index is 10.8. The summed E-state index contributed by atoms with van der Waals surface area (Å²) in [7, 11) is 0. The predicted octanol–water partition coefficient (Wildman–Crippen LogP) is -1.56. The van der Waals surface area contributed by atoms with Crippen LogP contribution < -0.4 is 24.0 Å². The van der Waals surface area contributed by atoms with Crippen molar-refractivity contribution in [2.75, 3.05) is 0 Å². The van der Waals surface area contributed by atoms with Crippen LogP contribution in [0.15, 0.2) is 11.8 Å². The Bertz CT molecular complexity index is 120. The van der Waals surface area contributed by atoms with Crippen LogP contribution in [0.1, 0.15) is 32.6 Å². The first-order chi connectivity index (χ1) is 4.33. The molecule has 1 aliphatic rings. The van der Waals surface area contributed by atoms with Gasteiger partial charge in [0, 0.05) is 0 Å². The fraction of sp³-hybridized carbons (Fsp3) is 0.750. The minimum Gasteiger partial charge on any atom is -0.876 e. The monoisotopic (exact) mass is 132 g/mol. The van der Waals surface area contributed by atoms with E-state index in [9.17, 15) is 5.11 Å². The zero-order chi connectivity index (χ0) is 6.69. The van der Waals surface area contributed by atoms with Gasteiger partial charge in [0.2, 0.25) is 0 Å². The van der Waals surface area contributed by atoms with Crippen LogP contribution in [0.4, 0.5) is 0 Å². The zero-order valence-corrected chi connectivity index (χ0v) is 6.89. The van der Waals surface area contributed by atoms with Crippen LogP contribution >= 0.6 is 0 Å². The molecule has 1 atom stereocenters. The molecule has 1 nitrogen and oxygen atoms in total. The van der Waals surface area contributed by atoms with Gasteiger partial charge in [0.25, 0.3) is 0 Å². The molecule has 0 N–H and O–H groups in total. The molecule has 1 aliphatic carbocycles. The summed E-state index contributed by atoms with van der Waals surface area (Å²) in [6.07, 6.45) is 6.14. The largest absolute Gasteiger partial charge is 1.00 e. The molecule has 0 saturated heterocycles. The molecular formula is C8H13LiO. The van der Waals surface area contributed by atoms with E-state index in [1.54, 1.807) is 0 Å². The number of hydrogen-bond donors (Lipinski definition) is 0. The van der Waals surface area contributed by atoms with Gasteiger partial charge in [0.15, 0.2) is 0 Å². The normalized spacial score (nSPS) is 24.9. The SMILES string of the molecule is CC[C@@H]1C=C([O-])CCC1.[Li+]. The van der Waals surface area contributed by atoms with Crippen LogP contribution in [0, 0.1) is 5.92 Å². The Hall–Kier alpha value is 0.137. The zero-order valence-electron chi connectivity index (χ0n) is 6.89. The van der Waals surface area contributed by atoms with Gasteiger partial charge in [-0.15, -0.1) is 5.76 Å². The first kappa shape index (κ1) is 10.1. The van der Waals surface area contributed by atoms with Crippen molar-refractivity contribution in [2.45, 2.75) is 32.6 Å². The van der Waals surface area contributed by atoms with E-state index in [0.717, 1.165) is 19.3 Å². The molecule has 0 spiro atoms. The first-order valence-electron chi connectivity index (χ1n) is 3.70. The summed E-state index contributed by atoms with van der Waals surface area (Å²) >= 11 is 0. The van der Waals surface area contributed by atoms with Crippen molar-refractivity contribution >= 4 is 0 Å². The Morgan fingerprint density at radius 1 is 1.70 bits per heavy atom. The van der Waals surface area contributed by atoms with Crippen molar-refractivity contribution in [3.05, 3.63) is 11.8 Å². The standard InChI is InChI=1S/C8H14O.Li/c1-2-7-4-3-5-8(9)6-7;/h6-7,9H,2-5H2,1H3;/q;+1/p-1/t7-;/m0./s1. The molecule has 10 heavy (non-hydrogen) atoms. The maximum Gasteiger partial charge on any atom is 1.00 e. The smallest absolute Gasteiger partial charge is 0.876 e. The van der Waals surface area contributed by atoms with E-state index < -0.39 is 0 Å². The number of allylic oxidation sites excluding steroid dienone is 2. The second-order valence-corrected chi connectivity index (χ2v) is 2.69. The van der Waals surface area contributed by atoms with E-state index in [2.05, 4.69) is 6.92 Å². The summed E-state index contributed by atoms with van der Waals surface area (Å²) in [5.74, 6) is 0.944. The van der Waals surface area contributed by atoms with Gasteiger partial charge in [0.05, 0.1) is 0 Å². The topological polar surface area (TPSA) is 23.1 Å². The second-order valence-electron chi connectivity index (χ2n) is 2.69. The van der Waals surface area contributed by atoms with Crippen molar-refractivity contribution in [2.24, 2.45) is 5.92 Å². The van der Waals surface area contributed by atoms with Crippen LogP contribution in [-0.2, 0) is 0 Å². The first-order valence-corrected chi connectivity index (χ1v) is 3.70. The van der Waals surface area contributed by atoms with Crippen LogP contribution in [0.3, 0.4) is 0 Å². The molecule has 0 aromatic carbocycles. The van der Waals surface area contributed by atoms with Gasteiger partial charge in [-0.1, -0.05) is 13.0 Å². The molecule has 0 aliphatic heterocycles. The Labute approximate surface area is 74.7 Å². The molecule has 0 radical (unpaired) electrons.